The molecule has 1 amide bonds. The van der Waals surface area contributed by atoms with Gasteiger partial charge in [-0.25, -0.2) is 9.97 Å². The second-order valence-corrected chi connectivity index (χ2v) is 9.75. The van der Waals surface area contributed by atoms with E-state index in [1.165, 1.54) is 29.5 Å². The van der Waals surface area contributed by atoms with Crippen molar-refractivity contribution in [2.45, 2.75) is 49.9 Å². The minimum Gasteiger partial charge on any atom is -0.376 e. The molecule has 9 heteroatoms. The zero-order valence-electron chi connectivity index (χ0n) is 16.7. The predicted octanol–water partition coefficient (Wildman–Crippen LogP) is 3.29. The van der Waals surface area contributed by atoms with Gasteiger partial charge in [0.2, 0.25) is 5.91 Å². The molecule has 1 atom stereocenters. The molecule has 7 nitrogen and oxygen atoms in total. The van der Waals surface area contributed by atoms with E-state index in [4.69, 9.17) is 9.72 Å². The Morgan fingerprint density at radius 1 is 1.27 bits per heavy atom. The molecule has 0 saturated carbocycles. The van der Waals surface area contributed by atoms with Crippen LogP contribution >= 0.6 is 23.1 Å². The minimum absolute atomic E-state index is 0.0200. The van der Waals surface area contributed by atoms with Crippen molar-refractivity contribution in [3.63, 3.8) is 0 Å². The molecule has 2 aliphatic rings. The Labute approximate surface area is 182 Å². The third-order valence-corrected chi connectivity index (χ3v) is 7.81. The largest absolute Gasteiger partial charge is 0.376 e. The van der Waals surface area contributed by atoms with Gasteiger partial charge in [-0.1, -0.05) is 11.8 Å². The maximum atomic E-state index is 13.4. The molecule has 0 radical (unpaired) electrons. The average Bonchev–Trinajstić information content (AvgIpc) is 3.43. The fourth-order valence-electron chi connectivity index (χ4n) is 4.17. The lowest BCUT2D eigenvalue weighted by Gasteiger charge is -2.26. The van der Waals surface area contributed by atoms with Gasteiger partial charge in [0, 0.05) is 31.3 Å². The highest BCUT2D eigenvalue weighted by Gasteiger charge is 2.23. The summed E-state index contributed by atoms with van der Waals surface area (Å²) >= 11 is 2.75. The molecule has 0 aromatic carbocycles. The molecule has 3 aromatic rings. The molecule has 0 spiro atoms. The van der Waals surface area contributed by atoms with Crippen molar-refractivity contribution in [1.82, 2.24) is 19.4 Å². The first-order valence-corrected chi connectivity index (χ1v) is 12.3. The second kappa shape index (κ2) is 8.64. The van der Waals surface area contributed by atoms with Gasteiger partial charge in [0.1, 0.15) is 9.53 Å². The molecule has 158 valence electrons. The van der Waals surface area contributed by atoms with Crippen LogP contribution in [0.1, 0.15) is 32.1 Å². The Balaban J connectivity index is 1.50. The molecule has 1 unspecified atom stereocenters. The van der Waals surface area contributed by atoms with Gasteiger partial charge in [0.05, 0.1) is 23.9 Å². The number of fused-ring (bicyclic) bond motifs is 3. The number of hydrogen-bond acceptors (Lipinski definition) is 7. The average molecular weight is 445 g/mol. The standard InChI is InChI=1S/C21H24N4O3S2/c26-16(24-9-2-1-3-10-24)13-29-21-23-17-15-7-4-8-22-19(15)30-18(17)20(27)25(21)12-14-6-5-11-28-14/h4,7-8,14H,1-3,5-6,9-13H2. The van der Waals surface area contributed by atoms with Crippen LogP contribution in [0.25, 0.3) is 20.4 Å². The molecule has 0 N–H and O–H groups in total. The van der Waals surface area contributed by atoms with Gasteiger partial charge >= 0.3 is 0 Å². The molecule has 5 heterocycles. The van der Waals surface area contributed by atoms with Crippen LogP contribution in [-0.4, -0.2) is 56.9 Å². The van der Waals surface area contributed by atoms with Crippen LogP contribution < -0.4 is 5.56 Å². The van der Waals surface area contributed by atoms with Crippen LogP contribution in [-0.2, 0) is 16.1 Å². The van der Waals surface area contributed by atoms with E-state index in [0.29, 0.717) is 27.7 Å². The van der Waals surface area contributed by atoms with Crippen molar-refractivity contribution in [1.29, 1.82) is 0 Å². The van der Waals surface area contributed by atoms with Gasteiger partial charge in [0.25, 0.3) is 5.56 Å². The maximum Gasteiger partial charge on any atom is 0.272 e. The molecule has 0 bridgehead atoms. The van der Waals surface area contributed by atoms with Gasteiger partial charge in [-0.3, -0.25) is 14.2 Å². The molecule has 2 saturated heterocycles. The number of carbonyl (C=O) groups excluding carboxylic acids is 1. The number of nitrogens with zero attached hydrogens (tertiary/aromatic N) is 4. The van der Waals surface area contributed by atoms with Crippen LogP contribution in [0.5, 0.6) is 0 Å². The van der Waals surface area contributed by atoms with Crippen LogP contribution in [0.3, 0.4) is 0 Å². The number of thioether (sulfide) groups is 1. The maximum absolute atomic E-state index is 13.4. The van der Waals surface area contributed by atoms with Crippen molar-refractivity contribution < 1.29 is 9.53 Å². The number of likely N-dealkylation sites (tertiary alicyclic amines) is 1. The van der Waals surface area contributed by atoms with Gasteiger partial charge in [-0.05, 0) is 44.2 Å². The van der Waals surface area contributed by atoms with Crippen molar-refractivity contribution >= 4 is 49.4 Å². The Morgan fingerprint density at radius 2 is 2.13 bits per heavy atom. The van der Waals surface area contributed by atoms with Crippen molar-refractivity contribution in [3.8, 4) is 0 Å². The van der Waals surface area contributed by atoms with E-state index in [9.17, 15) is 9.59 Å². The first-order chi connectivity index (χ1) is 14.7. The highest BCUT2D eigenvalue weighted by Crippen LogP contribution is 2.31. The number of pyridine rings is 1. The summed E-state index contributed by atoms with van der Waals surface area (Å²) in [6.45, 7) is 2.87. The molecule has 2 aliphatic heterocycles. The summed E-state index contributed by atoms with van der Waals surface area (Å²) in [6.07, 6.45) is 7.03. The normalized spacial score (nSPS) is 19.7. The fourth-order valence-corrected chi connectivity index (χ4v) is 6.10. The molecule has 30 heavy (non-hydrogen) atoms. The number of hydrogen-bond donors (Lipinski definition) is 0. The number of thiophene rings is 1. The van der Waals surface area contributed by atoms with E-state index in [1.807, 2.05) is 17.0 Å². The zero-order chi connectivity index (χ0) is 20.5. The first-order valence-electron chi connectivity index (χ1n) is 10.5. The third kappa shape index (κ3) is 3.86. The highest BCUT2D eigenvalue weighted by molar-refractivity contribution is 7.99. The Bertz CT molecular complexity index is 1130. The van der Waals surface area contributed by atoms with Gasteiger partial charge in [-0.15, -0.1) is 11.3 Å². The number of amides is 1. The van der Waals surface area contributed by atoms with Crippen LogP contribution in [0.15, 0.2) is 28.3 Å². The molecule has 5 rings (SSSR count). The van der Waals surface area contributed by atoms with Crippen molar-refractivity contribution in [2.75, 3.05) is 25.4 Å². The second-order valence-electron chi connectivity index (χ2n) is 7.81. The van der Waals surface area contributed by atoms with E-state index >= 15 is 0 Å². The smallest absolute Gasteiger partial charge is 0.272 e. The molecular formula is C21H24N4O3S2. The number of ether oxygens (including phenoxy) is 1. The van der Waals surface area contributed by atoms with E-state index in [2.05, 4.69) is 4.98 Å². The van der Waals surface area contributed by atoms with E-state index in [0.717, 1.165) is 55.6 Å². The summed E-state index contributed by atoms with van der Waals surface area (Å²) in [5.74, 6) is 0.415. The lowest BCUT2D eigenvalue weighted by Crippen LogP contribution is -2.37. The van der Waals surface area contributed by atoms with Crippen LogP contribution in [0.4, 0.5) is 0 Å². The van der Waals surface area contributed by atoms with Crippen molar-refractivity contribution in [3.05, 3.63) is 28.7 Å². The summed E-state index contributed by atoms with van der Waals surface area (Å²) in [4.78, 5) is 38.1. The third-order valence-electron chi connectivity index (χ3n) is 5.76. The van der Waals surface area contributed by atoms with E-state index < -0.39 is 0 Å². The summed E-state index contributed by atoms with van der Waals surface area (Å²) in [7, 11) is 0. The molecular weight excluding hydrogens is 420 g/mol. The number of rotatable bonds is 5. The Morgan fingerprint density at radius 3 is 2.93 bits per heavy atom. The lowest BCUT2D eigenvalue weighted by molar-refractivity contribution is -0.129. The molecule has 0 aliphatic carbocycles. The lowest BCUT2D eigenvalue weighted by atomic mass is 10.1. The highest BCUT2D eigenvalue weighted by atomic mass is 32.2. The fraction of sp³-hybridized carbons (Fsp3) is 0.524. The Hall–Kier alpha value is -1.97. The predicted molar refractivity (Wildman–Crippen MR) is 119 cm³/mol. The van der Waals surface area contributed by atoms with Gasteiger partial charge in [0.15, 0.2) is 5.16 Å². The van der Waals surface area contributed by atoms with Crippen molar-refractivity contribution in [2.24, 2.45) is 0 Å². The number of aromatic nitrogens is 3. The first kappa shape index (κ1) is 20.0. The SMILES string of the molecule is O=C(CSc1nc2c(sc3ncccc32)c(=O)n1CC1CCCO1)N1CCCCC1. The van der Waals surface area contributed by atoms with Gasteiger partial charge < -0.3 is 9.64 Å². The summed E-state index contributed by atoms with van der Waals surface area (Å²) in [5.41, 5.74) is 0.621. The Kier molecular flexibility index (Phi) is 5.75. The molecule has 2 fully saturated rings. The quantitative estimate of drug-likeness (QED) is 0.444. The summed E-state index contributed by atoms with van der Waals surface area (Å²) in [6, 6.07) is 3.81. The summed E-state index contributed by atoms with van der Waals surface area (Å²) < 4.78 is 8.11. The number of carbonyl (C=O) groups is 1. The molecule has 3 aromatic heterocycles. The van der Waals surface area contributed by atoms with Gasteiger partial charge in [-0.2, -0.15) is 0 Å². The topological polar surface area (TPSA) is 77.3 Å². The van der Waals surface area contributed by atoms with E-state index in [1.54, 1.807) is 10.8 Å². The minimum atomic E-state index is -0.0635. The zero-order valence-corrected chi connectivity index (χ0v) is 18.3. The summed E-state index contributed by atoms with van der Waals surface area (Å²) in [5, 5.41) is 1.49. The van der Waals surface area contributed by atoms with Crippen LogP contribution in [0, 0.1) is 0 Å². The van der Waals surface area contributed by atoms with Crippen LogP contribution in [0.2, 0.25) is 0 Å². The van der Waals surface area contributed by atoms with E-state index in [-0.39, 0.29) is 17.6 Å². The monoisotopic (exact) mass is 444 g/mol. The number of piperidine rings is 1.